The number of ether oxygens (including phenoxy) is 1. The summed E-state index contributed by atoms with van der Waals surface area (Å²) in [6, 6.07) is 8.48. The van der Waals surface area contributed by atoms with Crippen LogP contribution in [0.3, 0.4) is 0 Å². The SMILES string of the molecule is COC1CCN(C2CCN(C(=O)c3ccc4nccc(C)c4c3)CC2)CC1. The van der Waals surface area contributed by atoms with Crippen LogP contribution in [0.25, 0.3) is 10.9 Å². The minimum atomic E-state index is 0.150. The topological polar surface area (TPSA) is 45.7 Å². The van der Waals surface area contributed by atoms with Crippen LogP contribution in [-0.2, 0) is 4.74 Å². The summed E-state index contributed by atoms with van der Waals surface area (Å²) in [5.41, 5.74) is 2.88. The summed E-state index contributed by atoms with van der Waals surface area (Å²) in [5, 5.41) is 1.07. The number of fused-ring (bicyclic) bond motifs is 1. The summed E-state index contributed by atoms with van der Waals surface area (Å²) in [5.74, 6) is 0.150. The van der Waals surface area contributed by atoms with E-state index in [0.29, 0.717) is 12.1 Å². The summed E-state index contributed by atoms with van der Waals surface area (Å²) in [4.78, 5) is 22.0. The second kappa shape index (κ2) is 7.95. The van der Waals surface area contributed by atoms with Crippen molar-refractivity contribution in [2.75, 3.05) is 33.3 Å². The Morgan fingerprint density at radius 1 is 1.07 bits per heavy atom. The number of benzene rings is 1. The van der Waals surface area contributed by atoms with Crippen LogP contribution in [0.4, 0.5) is 0 Å². The van der Waals surface area contributed by atoms with Gasteiger partial charge in [-0.1, -0.05) is 0 Å². The van der Waals surface area contributed by atoms with Crippen molar-refractivity contribution in [3.8, 4) is 0 Å². The molecule has 0 radical (unpaired) electrons. The molecule has 0 unspecified atom stereocenters. The van der Waals surface area contributed by atoms with Gasteiger partial charge < -0.3 is 14.5 Å². The molecule has 0 bridgehead atoms. The first-order valence-corrected chi connectivity index (χ1v) is 10.1. The van der Waals surface area contributed by atoms with E-state index < -0.39 is 0 Å². The maximum Gasteiger partial charge on any atom is 0.253 e. The number of methoxy groups -OCH3 is 1. The smallest absolute Gasteiger partial charge is 0.253 e. The van der Waals surface area contributed by atoms with E-state index >= 15 is 0 Å². The number of hydrogen-bond donors (Lipinski definition) is 0. The molecule has 0 spiro atoms. The molecule has 5 nitrogen and oxygen atoms in total. The van der Waals surface area contributed by atoms with Gasteiger partial charge >= 0.3 is 0 Å². The van der Waals surface area contributed by atoms with Crippen molar-refractivity contribution in [3.05, 3.63) is 41.6 Å². The number of nitrogens with zero attached hydrogens (tertiary/aromatic N) is 3. The second-order valence-corrected chi connectivity index (χ2v) is 7.85. The highest BCUT2D eigenvalue weighted by Crippen LogP contribution is 2.24. The number of carbonyl (C=O) groups is 1. The minimum Gasteiger partial charge on any atom is -0.381 e. The van der Waals surface area contributed by atoms with Gasteiger partial charge in [0.2, 0.25) is 0 Å². The molecule has 2 aromatic rings. The fourth-order valence-corrected chi connectivity index (χ4v) is 4.51. The van der Waals surface area contributed by atoms with Gasteiger partial charge in [0.25, 0.3) is 5.91 Å². The largest absolute Gasteiger partial charge is 0.381 e. The molecule has 2 aliphatic rings. The maximum atomic E-state index is 13.0. The predicted molar refractivity (Wildman–Crippen MR) is 107 cm³/mol. The maximum absolute atomic E-state index is 13.0. The molecule has 144 valence electrons. The van der Waals surface area contributed by atoms with Gasteiger partial charge in [-0.15, -0.1) is 0 Å². The summed E-state index contributed by atoms with van der Waals surface area (Å²) in [6.07, 6.45) is 6.63. The van der Waals surface area contributed by atoms with Crippen molar-refractivity contribution in [2.24, 2.45) is 0 Å². The number of rotatable bonds is 3. The first kappa shape index (κ1) is 18.4. The molecule has 0 saturated carbocycles. The van der Waals surface area contributed by atoms with E-state index in [1.54, 1.807) is 0 Å². The minimum absolute atomic E-state index is 0.150. The Kier molecular flexibility index (Phi) is 5.41. The van der Waals surface area contributed by atoms with Gasteiger partial charge in [-0.3, -0.25) is 9.78 Å². The standard InChI is InChI=1S/C22H29N3O2/c1-16-5-10-23-21-4-3-17(15-20(16)21)22(26)25-11-6-18(7-12-25)24-13-8-19(27-2)9-14-24/h3-5,10,15,18-19H,6-9,11-14H2,1-2H3. The van der Waals surface area contributed by atoms with Crippen molar-refractivity contribution >= 4 is 16.8 Å². The van der Waals surface area contributed by atoms with Crippen LogP contribution in [0.1, 0.15) is 41.6 Å². The molecule has 2 aliphatic heterocycles. The zero-order valence-corrected chi connectivity index (χ0v) is 16.4. The normalized spacial score (nSPS) is 20.3. The second-order valence-electron chi connectivity index (χ2n) is 7.85. The van der Waals surface area contributed by atoms with E-state index in [0.717, 1.165) is 73.9 Å². The van der Waals surface area contributed by atoms with Crippen LogP contribution < -0.4 is 0 Å². The molecular weight excluding hydrogens is 338 g/mol. The van der Waals surface area contributed by atoms with Crippen LogP contribution >= 0.6 is 0 Å². The molecule has 2 fully saturated rings. The number of pyridine rings is 1. The molecular formula is C22H29N3O2. The lowest BCUT2D eigenvalue weighted by Crippen LogP contribution is -2.49. The molecule has 0 aliphatic carbocycles. The molecule has 0 atom stereocenters. The van der Waals surface area contributed by atoms with Gasteiger partial charge in [-0.25, -0.2) is 0 Å². The third-order valence-electron chi connectivity index (χ3n) is 6.28. The zero-order chi connectivity index (χ0) is 18.8. The predicted octanol–water partition coefficient (Wildman–Crippen LogP) is 3.26. The van der Waals surface area contributed by atoms with Crippen LogP contribution in [-0.4, -0.2) is 66.1 Å². The van der Waals surface area contributed by atoms with Crippen LogP contribution in [0.2, 0.25) is 0 Å². The highest BCUT2D eigenvalue weighted by Gasteiger charge is 2.30. The van der Waals surface area contributed by atoms with E-state index in [1.807, 2.05) is 42.5 Å². The van der Waals surface area contributed by atoms with E-state index in [4.69, 9.17) is 4.74 Å². The van der Waals surface area contributed by atoms with Crippen LogP contribution in [0.5, 0.6) is 0 Å². The van der Waals surface area contributed by atoms with Crippen molar-refractivity contribution < 1.29 is 9.53 Å². The Morgan fingerprint density at radius 3 is 2.52 bits per heavy atom. The lowest BCUT2D eigenvalue weighted by molar-refractivity contribution is 0.0145. The molecule has 2 saturated heterocycles. The third-order valence-corrected chi connectivity index (χ3v) is 6.28. The van der Waals surface area contributed by atoms with Gasteiger partial charge in [0, 0.05) is 56.5 Å². The molecule has 1 aromatic carbocycles. The summed E-state index contributed by atoms with van der Waals surface area (Å²) in [6.45, 7) is 5.99. The number of likely N-dealkylation sites (tertiary alicyclic amines) is 2. The zero-order valence-electron chi connectivity index (χ0n) is 16.4. The van der Waals surface area contributed by atoms with Crippen LogP contribution in [0, 0.1) is 6.92 Å². The van der Waals surface area contributed by atoms with Crippen molar-refractivity contribution in [1.82, 2.24) is 14.8 Å². The number of aromatic nitrogens is 1. The molecule has 1 aromatic heterocycles. The number of aryl methyl sites for hydroxylation is 1. The highest BCUT2D eigenvalue weighted by atomic mass is 16.5. The monoisotopic (exact) mass is 367 g/mol. The Bertz CT molecular complexity index is 806. The average molecular weight is 367 g/mol. The number of carbonyl (C=O) groups excluding carboxylic acids is 1. The Labute approximate surface area is 161 Å². The first-order chi connectivity index (χ1) is 13.2. The van der Waals surface area contributed by atoms with E-state index in [2.05, 4.69) is 16.8 Å². The quantitative estimate of drug-likeness (QED) is 0.835. The number of piperidine rings is 2. The molecule has 0 N–H and O–H groups in total. The van der Waals surface area contributed by atoms with Gasteiger partial charge in [0.05, 0.1) is 11.6 Å². The van der Waals surface area contributed by atoms with E-state index in [-0.39, 0.29) is 5.91 Å². The third kappa shape index (κ3) is 3.85. The molecule has 3 heterocycles. The lowest BCUT2D eigenvalue weighted by atomic mass is 9.98. The molecule has 27 heavy (non-hydrogen) atoms. The van der Waals surface area contributed by atoms with Crippen molar-refractivity contribution in [1.29, 1.82) is 0 Å². The first-order valence-electron chi connectivity index (χ1n) is 10.1. The van der Waals surface area contributed by atoms with Crippen molar-refractivity contribution in [2.45, 2.75) is 44.8 Å². The lowest BCUT2D eigenvalue weighted by Gasteiger charge is -2.41. The average Bonchev–Trinajstić information content (AvgIpc) is 2.73. The Hall–Kier alpha value is -1.98. The van der Waals surface area contributed by atoms with Crippen LogP contribution in [0.15, 0.2) is 30.5 Å². The summed E-state index contributed by atoms with van der Waals surface area (Å²) in [7, 11) is 1.81. The van der Waals surface area contributed by atoms with Gasteiger partial charge in [0.15, 0.2) is 0 Å². The fraction of sp³-hybridized carbons (Fsp3) is 0.545. The van der Waals surface area contributed by atoms with Gasteiger partial charge in [-0.05, 0) is 62.4 Å². The Morgan fingerprint density at radius 2 is 1.81 bits per heavy atom. The Balaban J connectivity index is 1.38. The van der Waals surface area contributed by atoms with Crippen molar-refractivity contribution in [3.63, 3.8) is 0 Å². The summed E-state index contributed by atoms with van der Waals surface area (Å²) >= 11 is 0. The molecule has 5 heteroatoms. The van der Waals surface area contributed by atoms with Gasteiger partial charge in [-0.2, -0.15) is 0 Å². The molecule has 4 rings (SSSR count). The molecule has 1 amide bonds. The number of amides is 1. The highest BCUT2D eigenvalue weighted by molar-refractivity contribution is 5.98. The fourth-order valence-electron chi connectivity index (χ4n) is 4.51. The van der Waals surface area contributed by atoms with E-state index in [9.17, 15) is 4.79 Å². The summed E-state index contributed by atoms with van der Waals surface area (Å²) < 4.78 is 5.48. The van der Waals surface area contributed by atoms with Gasteiger partial charge in [0.1, 0.15) is 0 Å². The number of hydrogen-bond acceptors (Lipinski definition) is 4. The van der Waals surface area contributed by atoms with E-state index in [1.165, 1.54) is 0 Å².